The van der Waals surface area contributed by atoms with Crippen LogP contribution in [-0.2, 0) is 14.4 Å². The molecule has 0 bridgehead atoms. The normalized spacial score (nSPS) is 21.7. The molecule has 21 heavy (non-hydrogen) atoms. The van der Waals surface area contributed by atoms with E-state index < -0.39 is 0 Å². The molecule has 0 spiro atoms. The van der Waals surface area contributed by atoms with E-state index in [0.29, 0.717) is 19.1 Å². The van der Waals surface area contributed by atoms with Crippen molar-refractivity contribution in [3.63, 3.8) is 0 Å². The zero-order chi connectivity index (χ0) is 15.7. The van der Waals surface area contributed by atoms with Gasteiger partial charge in [-0.1, -0.05) is 13.3 Å². The lowest BCUT2D eigenvalue weighted by Gasteiger charge is -2.29. The summed E-state index contributed by atoms with van der Waals surface area (Å²) in [5.41, 5.74) is 0. The first kappa shape index (κ1) is 17.8. The van der Waals surface area contributed by atoms with Gasteiger partial charge in [0.15, 0.2) is 0 Å². The minimum absolute atomic E-state index is 0.0320. The molecule has 1 aliphatic rings. The molecule has 1 aliphatic carbocycles. The summed E-state index contributed by atoms with van der Waals surface area (Å²) in [4.78, 5) is 28.3. The highest BCUT2D eigenvalue weighted by Gasteiger charge is 2.28. The largest absolute Gasteiger partial charge is 0.449 e. The number of carbonyl (C=O) groups is 2. The van der Waals surface area contributed by atoms with Crippen molar-refractivity contribution in [3.05, 3.63) is 0 Å². The van der Waals surface area contributed by atoms with E-state index in [-0.39, 0.29) is 17.9 Å². The third-order valence-electron chi connectivity index (χ3n) is 4.03. The lowest BCUT2D eigenvalue weighted by atomic mass is 9.82. The van der Waals surface area contributed by atoms with Gasteiger partial charge in [-0.25, -0.2) is 9.86 Å². The van der Waals surface area contributed by atoms with E-state index in [1.54, 1.807) is 7.05 Å². The van der Waals surface area contributed by atoms with Crippen LogP contribution in [0.5, 0.6) is 0 Å². The molecule has 0 aromatic heterocycles. The molecule has 6 heteroatoms. The van der Waals surface area contributed by atoms with Crippen LogP contribution < -0.4 is 5.32 Å². The summed E-state index contributed by atoms with van der Waals surface area (Å²) in [5.74, 6) is 0.428. The number of hydroxylamine groups is 2. The summed E-state index contributed by atoms with van der Waals surface area (Å²) >= 11 is 0. The molecule has 6 nitrogen and oxygen atoms in total. The van der Waals surface area contributed by atoms with E-state index in [9.17, 15) is 9.59 Å². The summed E-state index contributed by atoms with van der Waals surface area (Å²) in [5, 5.41) is 4.03. The standard InChI is InChI=1S/C15H28N2O4/c1-4-5-10-16-15(19)21-11-12-6-8-13(9-7-12)14(18)17(2)20-3/h12-13H,4-11H2,1-3H3,(H,16,19). The molecule has 1 saturated carbocycles. The van der Waals surface area contributed by atoms with Crippen LogP contribution in [0.2, 0.25) is 0 Å². The van der Waals surface area contributed by atoms with Crippen molar-refractivity contribution in [2.75, 3.05) is 27.3 Å². The first-order valence-electron chi connectivity index (χ1n) is 7.80. The quantitative estimate of drug-likeness (QED) is 0.579. The highest BCUT2D eigenvalue weighted by atomic mass is 16.7. The van der Waals surface area contributed by atoms with Crippen molar-refractivity contribution in [2.45, 2.75) is 45.4 Å². The lowest BCUT2D eigenvalue weighted by Crippen LogP contribution is -2.35. The van der Waals surface area contributed by atoms with Crippen LogP contribution in [0, 0.1) is 11.8 Å². The highest BCUT2D eigenvalue weighted by molar-refractivity contribution is 5.77. The molecule has 0 aromatic rings. The third kappa shape index (κ3) is 6.33. The summed E-state index contributed by atoms with van der Waals surface area (Å²) in [7, 11) is 3.13. The molecule has 122 valence electrons. The van der Waals surface area contributed by atoms with Gasteiger partial charge in [0, 0.05) is 19.5 Å². The van der Waals surface area contributed by atoms with Gasteiger partial charge >= 0.3 is 6.09 Å². The lowest BCUT2D eigenvalue weighted by molar-refractivity contribution is -0.174. The Kier molecular flexibility index (Phi) is 8.12. The second-order valence-corrected chi connectivity index (χ2v) is 5.61. The fraction of sp³-hybridized carbons (Fsp3) is 0.867. The van der Waals surface area contributed by atoms with Crippen molar-refractivity contribution in [1.82, 2.24) is 10.4 Å². The molecule has 0 aromatic carbocycles. The van der Waals surface area contributed by atoms with E-state index in [4.69, 9.17) is 9.57 Å². The Morgan fingerprint density at radius 3 is 2.48 bits per heavy atom. The predicted molar refractivity (Wildman–Crippen MR) is 79.5 cm³/mol. The van der Waals surface area contributed by atoms with Crippen LogP contribution in [0.3, 0.4) is 0 Å². The van der Waals surface area contributed by atoms with Crippen molar-refractivity contribution >= 4 is 12.0 Å². The molecule has 0 aliphatic heterocycles. The monoisotopic (exact) mass is 300 g/mol. The molecule has 1 fully saturated rings. The number of hydrogen-bond donors (Lipinski definition) is 1. The summed E-state index contributed by atoms with van der Waals surface area (Å²) in [6, 6.07) is 0. The molecule has 0 saturated heterocycles. The Bertz CT molecular complexity index is 328. The second kappa shape index (κ2) is 9.60. The highest BCUT2D eigenvalue weighted by Crippen LogP contribution is 2.30. The van der Waals surface area contributed by atoms with Gasteiger partial charge in [0.25, 0.3) is 0 Å². The number of unbranched alkanes of at least 4 members (excludes halogenated alkanes) is 1. The zero-order valence-electron chi connectivity index (χ0n) is 13.4. The topological polar surface area (TPSA) is 67.9 Å². The van der Waals surface area contributed by atoms with Crippen LogP contribution >= 0.6 is 0 Å². The van der Waals surface area contributed by atoms with Gasteiger partial charge in [0.05, 0.1) is 13.7 Å². The fourth-order valence-electron chi connectivity index (χ4n) is 2.53. The smallest absolute Gasteiger partial charge is 0.407 e. The van der Waals surface area contributed by atoms with Gasteiger partial charge in [-0.05, 0) is 38.0 Å². The maximum absolute atomic E-state index is 12.0. The van der Waals surface area contributed by atoms with E-state index in [1.165, 1.54) is 12.2 Å². The van der Waals surface area contributed by atoms with Crippen LogP contribution in [0.25, 0.3) is 0 Å². The zero-order valence-corrected chi connectivity index (χ0v) is 13.4. The Morgan fingerprint density at radius 1 is 1.24 bits per heavy atom. The molecule has 1 N–H and O–H groups in total. The molecular formula is C15H28N2O4. The maximum Gasteiger partial charge on any atom is 0.407 e. The van der Waals surface area contributed by atoms with Gasteiger partial charge in [-0.3, -0.25) is 9.63 Å². The summed E-state index contributed by atoms with van der Waals surface area (Å²) in [6.07, 6.45) is 5.17. The fourth-order valence-corrected chi connectivity index (χ4v) is 2.53. The average Bonchev–Trinajstić information content (AvgIpc) is 2.52. The maximum atomic E-state index is 12.0. The minimum Gasteiger partial charge on any atom is -0.449 e. The number of ether oxygens (including phenoxy) is 1. The van der Waals surface area contributed by atoms with Gasteiger partial charge in [0.2, 0.25) is 5.91 Å². The SMILES string of the molecule is CCCCNC(=O)OCC1CCC(C(=O)N(C)OC)CC1. The van der Waals surface area contributed by atoms with Crippen LogP contribution in [0.4, 0.5) is 4.79 Å². The van der Waals surface area contributed by atoms with Crippen LogP contribution in [0.1, 0.15) is 45.4 Å². The molecule has 0 heterocycles. The number of rotatable bonds is 7. The molecule has 0 atom stereocenters. The Balaban J connectivity index is 2.18. The van der Waals surface area contributed by atoms with Gasteiger partial charge in [-0.2, -0.15) is 0 Å². The molecule has 2 amide bonds. The summed E-state index contributed by atoms with van der Waals surface area (Å²) < 4.78 is 5.22. The predicted octanol–water partition coefficient (Wildman–Crippen LogP) is 2.34. The van der Waals surface area contributed by atoms with Crippen molar-refractivity contribution in [1.29, 1.82) is 0 Å². The van der Waals surface area contributed by atoms with E-state index in [0.717, 1.165) is 38.5 Å². The number of nitrogens with one attached hydrogen (secondary N) is 1. The van der Waals surface area contributed by atoms with Gasteiger partial charge < -0.3 is 10.1 Å². The number of carbonyl (C=O) groups excluding carboxylic acids is 2. The minimum atomic E-state index is -0.333. The second-order valence-electron chi connectivity index (χ2n) is 5.61. The molecule has 1 rings (SSSR count). The molecular weight excluding hydrogens is 272 g/mol. The van der Waals surface area contributed by atoms with Crippen LogP contribution in [-0.4, -0.2) is 44.4 Å². The number of amides is 2. The van der Waals surface area contributed by atoms with E-state index in [1.807, 2.05) is 0 Å². The van der Waals surface area contributed by atoms with E-state index >= 15 is 0 Å². The van der Waals surface area contributed by atoms with Crippen molar-refractivity contribution < 1.29 is 19.2 Å². The van der Waals surface area contributed by atoms with Gasteiger partial charge in [-0.15, -0.1) is 0 Å². The van der Waals surface area contributed by atoms with Crippen molar-refractivity contribution in [2.24, 2.45) is 11.8 Å². The molecule has 0 unspecified atom stereocenters. The summed E-state index contributed by atoms with van der Waals surface area (Å²) in [6.45, 7) is 3.19. The first-order valence-corrected chi connectivity index (χ1v) is 7.80. The number of nitrogens with zero attached hydrogens (tertiary/aromatic N) is 1. The third-order valence-corrected chi connectivity index (χ3v) is 4.03. The Labute approximate surface area is 127 Å². The van der Waals surface area contributed by atoms with Crippen molar-refractivity contribution in [3.8, 4) is 0 Å². The first-order chi connectivity index (χ1) is 10.1. The van der Waals surface area contributed by atoms with E-state index in [2.05, 4.69) is 12.2 Å². The molecule has 0 radical (unpaired) electrons. The average molecular weight is 300 g/mol. The Morgan fingerprint density at radius 2 is 1.90 bits per heavy atom. The Hall–Kier alpha value is -1.30. The van der Waals surface area contributed by atoms with Gasteiger partial charge in [0.1, 0.15) is 0 Å². The number of hydrogen-bond acceptors (Lipinski definition) is 4. The number of alkyl carbamates (subject to hydrolysis) is 1. The van der Waals surface area contributed by atoms with Crippen LogP contribution in [0.15, 0.2) is 0 Å².